The number of hydrogen-bond donors (Lipinski definition) is 2. The third kappa shape index (κ3) is 7.63. The lowest BCUT2D eigenvalue weighted by Crippen LogP contribution is -2.42. The number of methoxy groups -OCH3 is 2. The SMILES string of the molecule is CCNC(=NCC(C)c1cccs1)NCC(c1ccc(OC)c(OC)c1)N(C)C.I. The molecule has 1 aromatic carbocycles. The van der Waals surface area contributed by atoms with E-state index in [0.717, 1.165) is 42.7 Å². The number of hydrogen-bond acceptors (Lipinski definition) is 5. The first-order valence-corrected chi connectivity index (χ1v) is 10.8. The van der Waals surface area contributed by atoms with Gasteiger partial charge in [-0.25, -0.2) is 0 Å². The van der Waals surface area contributed by atoms with Gasteiger partial charge < -0.3 is 25.0 Å². The second-order valence-electron chi connectivity index (χ2n) is 7.11. The van der Waals surface area contributed by atoms with Gasteiger partial charge in [0.2, 0.25) is 0 Å². The highest BCUT2D eigenvalue weighted by Gasteiger charge is 2.17. The third-order valence-electron chi connectivity index (χ3n) is 4.77. The van der Waals surface area contributed by atoms with Crippen LogP contribution in [0, 0.1) is 0 Å². The van der Waals surface area contributed by atoms with E-state index in [1.807, 2.05) is 12.1 Å². The van der Waals surface area contributed by atoms with Gasteiger partial charge in [0.1, 0.15) is 0 Å². The van der Waals surface area contributed by atoms with Crippen molar-refractivity contribution >= 4 is 41.3 Å². The van der Waals surface area contributed by atoms with Gasteiger partial charge in [-0.1, -0.05) is 19.1 Å². The van der Waals surface area contributed by atoms with E-state index in [1.54, 1.807) is 25.6 Å². The van der Waals surface area contributed by atoms with Crippen LogP contribution in [0.3, 0.4) is 0 Å². The van der Waals surface area contributed by atoms with Gasteiger partial charge in [0.25, 0.3) is 0 Å². The Morgan fingerprint density at radius 3 is 2.43 bits per heavy atom. The van der Waals surface area contributed by atoms with Crippen molar-refractivity contribution in [2.24, 2.45) is 4.99 Å². The average molecular weight is 547 g/mol. The third-order valence-corrected chi connectivity index (χ3v) is 5.88. The number of nitrogens with zero attached hydrogens (tertiary/aromatic N) is 2. The van der Waals surface area contributed by atoms with Gasteiger partial charge in [0.05, 0.1) is 26.8 Å². The number of rotatable bonds is 10. The van der Waals surface area contributed by atoms with Crippen LogP contribution in [0.5, 0.6) is 11.5 Å². The van der Waals surface area contributed by atoms with Crippen molar-refractivity contribution in [1.29, 1.82) is 0 Å². The molecule has 0 saturated carbocycles. The number of benzene rings is 1. The van der Waals surface area contributed by atoms with E-state index in [0.29, 0.717) is 5.92 Å². The number of likely N-dealkylation sites (N-methyl/N-ethyl adjacent to an activating group) is 1. The molecule has 2 atom stereocenters. The van der Waals surface area contributed by atoms with E-state index >= 15 is 0 Å². The molecule has 0 radical (unpaired) electrons. The smallest absolute Gasteiger partial charge is 0.191 e. The van der Waals surface area contributed by atoms with Crippen LogP contribution in [0.2, 0.25) is 0 Å². The Balaban J connectivity index is 0.00000450. The summed E-state index contributed by atoms with van der Waals surface area (Å²) in [4.78, 5) is 8.34. The standard InChI is InChI=1S/C22H34N4O2S.HI/c1-7-23-22(24-14-16(2)21-9-8-12-29-21)25-15-18(26(3)4)17-10-11-19(27-5)20(13-17)28-6;/h8-13,16,18H,7,14-15H2,1-6H3,(H2,23,24,25);1H. The van der Waals surface area contributed by atoms with Crippen LogP contribution >= 0.6 is 35.3 Å². The molecule has 2 N–H and O–H groups in total. The molecule has 0 saturated heterocycles. The van der Waals surface area contributed by atoms with Crippen LogP contribution in [0.15, 0.2) is 40.7 Å². The van der Waals surface area contributed by atoms with Crippen LogP contribution < -0.4 is 20.1 Å². The Morgan fingerprint density at radius 2 is 1.87 bits per heavy atom. The fourth-order valence-corrected chi connectivity index (χ4v) is 3.86. The first-order valence-electron chi connectivity index (χ1n) is 9.94. The number of thiophene rings is 1. The van der Waals surface area contributed by atoms with Crippen LogP contribution in [0.25, 0.3) is 0 Å². The van der Waals surface area contributed by atoms with Gasteiger partial charge in [-0.3, -0.25) is 4.99 Å². The summed E-state index contributed by atoms with van der Waals surface area (Å²) in [7, 11) is 7.46. The van der Waals surface area contributed by atoms with Crippen molar-refractivity contribution in [3.63, 3.8) is 0 Å². The zero-order valence-electron chi connectivity index (χ0n) is 18.8. The fourth-order valence-electron chi connectivity index (χ4n) is 3.08. The minimum Gasteiger partial charge on any atom is -0.493 e. The predicted octanol–water partition coefficient (Wildman–Crippen LogP) is 4.34. The maximum Gasteiger partial charge on any atom is 0.191 e. The molecule has 1 heterocycles. The largest absolute Gasteiger partial charge is 0.493 e. The Hall–Kier alpha value is -1.52. The molecule has 1 aromatic heterocycles. The van der Waals surface area contributed by atoms with E-state index in [4.69, 9.17) is 14.5 Å². The van der Waals surface area contributed by atoms with E-state index in [2.05, 4.69) is 67.1 Å². The van der Waals surface area contributed by atoms with E-state index in [1.165, 1.54) is 4.88 Å². The monoisotopic (exact) mass is 546 g/mol. The van der Waals surface area contributed by atoms with Crippen LogP contribution in [-0.2, 0) is 0 Å². The number of aliphatic imine (C=N–C) groups is 1. The van der Waals surface area contributed by atoms with Gasteiger partial charge in [-0.05, 0) is 50.2 Å². The van der Waals surface area contributed by atoms with Crippen molar-refractivity contribution in [3.05, 3.63) is 46.2 Å². The average Bonchev–Trinajstić information content (AvgIpc) is 3.26. The Morgan fingerprint density at radius 1 is 1.13 bits per heavy atom. The summed E-state index contributed by atoms with van der Waals surface area (Å²) in [5.74, 6) is 2.71. The first-order chi connectivity index (χ1) is 14.0. The second kappa shape index (κ2) is 13.7. The minimum absolute atomic E-state index is 0. The molecule has 0 spiro atoms. The van der Waals surface area contributed by atoms with Crippen LogP contribution in [0.4, 0.5) is 0 Å². The molecule has 0 fully saturated rings. The van der Waals surface area contributed by atoms with Crippen LogP contribution in [-0.4, -0.2) is 58.8 Å². The molecule has 2 aromatic rings. The fraction of sp³-hybridized carbons (Fsp3) is 0.500. The minimum atomic E-state index is 0. The van der Waals surface area contributed by atoms with Gasteiger partial charge >= 0.3 is 0 Å². The molecule has 6 nitrogen and oxygen atoms in total. The summed E-state index contributed by atoms with van der Waals surface area (Å²) in [6, 6.07) is 10.5. The summed E-state index contributed by atoms with van der Waals surface area (Å²) in [5.41, 5.74) is 1.16. The summed E-state index contributed by atoms with van der Waals surface area (Å²) >= 11 is 1.78. The topological polar surface area (TPSA) is 58.1 Å². The molecule has 2 rings (SSSR count). The molecule has 168 valence electrons. The Bertz CT molecular complexity index is 769. The van der Waals surface area contributed by atoms with Crippen molar-refractivity contribution < 1.29 is 9.47 Å². The van der Waals surface area contributed by atoms with Gasteiger partial charge in [0.15, 0.2) is 17.5 Å². The quantitative estimate of drug-likeness (QED) is 0.264. The van der Waals surface area contributed by atoms with Crippen molar-refractivity contribution in [1.82, 2.24) is 15.5 Å². The highest BCUT2D eigenvalue weighted by molar-refractivity contribution is 14.0. The highest BCUT2D eigenvalue weighted by atomic mass is 127. The Labute approximate surface area is 202 Å². The molecule has 0 aliphatic carbocycles. The van der Waals surface area contributed by atoms with E-state index in [-0.39, 0.29) is 30.0 Å². The number of guanidine groups is 1. The highest BCUT2D eigenvalue weighted by Crippen LogP contribution is 2.31. The maximum atomic E-state index is 5.47. The van der Waals surface area contributed by atoms with Crippen molar-refractivity contribution in [2.75, 3.05) is 47.9 Å². The van der Waals surface area contributed by atoms with Gasteiger partial charge in [-0.2, -0.15) is 0 Å². The van der Waals surface area contributed by atoms with Crippen molar-refractivity contribution in [2.45, 2.75) is 25.8 Å². The van der Waals surface area contributed by atoms with E-state index < -0.39 is 0 Å². The summed E-state index contributed by atoms with van der Waals surface area (Å²) in [5, 5.41) is 8.96. The van der Waals surface area contributed by atoms with Gasteiger partial charge in [0, 0.05) is 23.9 Å². The molecule has 0 bridgehead atoms. The lowest BCUT2D eigenvalue weighted by atomic mass is 10.1. The zero-order valence-corrected chi connectivity index (χ0v) is 21.9. The summed E-state index contributed by atoms with van der Waals surface area (Å²) < 4.78 is 10.8. The first kappa shape index (κ1) is 26.5. The predicted molar refractivity (Wildman–Crippen MR) is 138 cm³/mol. The molecule has 30 heavy (non-hydrogen) atoms. The number of halogens is 1. The zero-order chi connectivity index (χ0) is 21.2. The summed E-state index contributed by atoms with van der Waals surface area (Å²) in [6.07, 6.45) is 0. The Kier molecular flexibility index (Phi) is 12.1. The van der Waals surface area contributed by atoms with Gasteiger partial charge in [-0.15, -0.1) is 35.3 Å². The number of nitrogens with one attached hydrogen (secondary N) is 2. The second-order valence-corrected chi connectivity index (χ2v) is 8.09. The molecule has 0 aliphatic heterocycles. The molecular weight excluding hydrogens is 511 g/mol. The molecule has 2 unspecified atom stereocenters. The van der Waals surface area contributed by atoms with Crippen molar-refractivity contribution in [3.8, 4) is 11.5 Å². The molecule has 8 heteroatoms. The molecular formula is C22H35IN4O2S. The molecule has 0 amide bonds. The molecule has 0 aliphatic rings. The lowest BCUT2D eigenvalue weighted by molar-refractivity contribution is 0.295. The number of ether oxygens (including phenoxy) is 2. The van der Waals surface area contributed by atoms with Crippen LogP contribution in [0.1, 0.15) is 36.2 Å². The lowest BCUT2D eigenvalue weighted by Gasteiger charge is -2.26. The maximum absolute atomic E-state index is 5.47. The normalized spacial score (nSPS) is 13.4. The summed E-state index contributed by atoms with van der Waals surface area (Å²) in [6.45, 7) is 6.59. The van der Waals surface area contributed by atoms with E-state index in [9.17, 15) is 0 Å².